The molecule has 0 bridgehead atoms. The molecule has 84 valence electrons. The van der Waals surface area contributed by atoms with E-state index in [1.165, 1.54) is 4.90 Å². The summed E-state index contributed by atoms with van der Waals surface area (Å²) >= 11 is 0. The first-order valence-electron chi connectivity index (χ1n) is 5.32. The van der Waals surface area contributed by atoms with Crippen LogP contribution in [0.4, 0.5) is 11.4 Å². The summed E-state index contributed by atoms with van der Waals surface area (Å²) in [7, 11) is 0. The second-order valence-corrected chi connectivity index (χ2v) is 4.10. The van der Waals surface area contributed by atoms with Crippen molar-refractivity contribution in [3.05, 3.63) is 24.3 Å². The van der Waals surface area contributed by atoms with E-state index in [1.807, 2.05) is 6.92 Å². The summed E-state index contributed by atoms with van der Waals surface area (Å²) in [6.45, 7) is 1.85. The summed E-state index contributed by atoms with van der Waals surface area (Å²) in [5, 5.41) is 0. The van der Waals surface area contributed by atoms with Crippen LogP contribution in [-0.2, 0) is 9.59 Å². The molecule has 1 aliphatic heterocycles. The van der Waals surface area contributed by atoms with E-state index in [-0.39, 0.29) is 17.7 Å². The van der Waals surface area contributed by atoms with Gasteiger partial charge in [-0.1, -0.05) is 6.92 Å². The van der Waals surface area contributed by atoms with Gasteiger partial charge in [-0.25, -0.2) is 0 Å². The minimum atomic E-state index is -0.132. The molecule has 1 saturated heterocycles. The van der Waals surface area contributed by atoms with Crippen LogP contribution >= 0.6 is 0 Å². The van der Waals surface area contributed by atoms with Crippen molar-refractivity contribution in [2.24, 2.45) is 5.92 Å². The highest BCUT2D eigenvalue weighted by Crippen LogP contribution is 2.25. The summed E-state index contributed by atoms with van der Waals surface area (Å²) in [4.78, 5) is 24.9. The monoisotopic (exact) mass is 218 g/mol. The number of piperidine rings is 1. The maximum absolute atomic E-state index is 11.9. The summed E-state index contributed by atoms with van der Waals surface area (Å²) in [5.41, 5.74) is 6.79. The fraction of sp³-hybridized carbons (Fsp3) is 0.333. The van der Waals surface area contributed by atoms with Gasteiger partial charge in [0.15, 0.2) is 0 Å². The molecule has 16 heavy (non-hydrogen) atoms. The van der Waals surface area contributed by atoms with Gasteiger partial charge in [0.1, 0.15) is 0 Å². The zero-order valence-corrected chi connectivity index (χ0v) is 9.14. The van der Waals surface area contributed by atoms with Gasteiger partial charge in [-0.05, 0) is 30.7 Å². The van der Waals surface area contributed by atoms with Crippen LogP contribution in [0, 0.1) is 5.92 Å². The van der Waals surface area contributed by atoms with Crippen molar-refractivity contribution >= 4 is 23.2 Å². The number of amides is 2. The van der Waals surface area contributed by atoms with E-state index >= 15 is 0 Å². The van der Waals surface area contributed by atoms with Gasteiger partial charge in [0.25, 0.3) is 0 Å². The van der Waals surface area contributed by atoms with Crippen molar-refractivity contribution in [2.75, 3.05) is 10.6 Å². The Kier molecular flexibility index (Phi) is 2.64. The molecular weight excluding hydrogens is 204 g/mol. The third-order valence-corrected chi connectivity index (χ3v) is 2.83. The third-order valence-electron chi connectivity index (χ3n) is 2.83. The van der Waals surface area contributed by atoms with E-state index < -0.39 is 0 Å². The number of carbonyl (C=O) groups excluding carboxylic acids is 2. The summed E-state index contributed by atoms with van der Waals surface area (Å²) in [5.74, 6) is -0.343. The van der Waals surface area contributed by atoms with Crippen molar-refractivity contribution < 1.29 is 9.59 Å². The number of nitrogens with zero attached hydrogens (tertiary/aromatic N) is 1. The minimum Gasteiger partial charge on any atom is -0.399 e. The number of nitrogen functional groups attached to an aromatic ring is 1. The quantitative estimate of drug-likeness (QED) is 0.574. The molecule has 4 heteroatoms. The highest BCUT2D eigenvalue weighted by Gasteiger charge is 2.32. The Hall–Kier alpha value is -1.84. The van der Waals surface area contributed by atoms with Gasteiger partial charge in [-0.15, -0.1) is 0 Å². The lowest BCUT2D eigenvalue weighted by atomic mass is 9.98. The van der Waals surface area contributed by atoms with Crippen LogP contribution in [0.1, 0.15) is 19.8 Å². The van der Waals surface area contributed by atoms with Crippen LogP contribution in [0.25, 0.3) is 0 Å². The lowest BCUT2D eigenvalue weighted by Gasteiger charge is -2.28. The van der Waals surface area contributed by atoms with E-state index in [0.29, 0.717) is 24.2 Å². The van der Waals surface area contributed by atoms with E-state index in [0.717, 1.165) is 0 Å². The second kappa shape index (κ2) is 3.96. The fourth-order valence-corrected chi connectivity index (χ4v) is 1.81. The predicted molar refractivity (Wildman–Crippen MR) is 61.7 cm³/mol. The Balaban J connectivity index is 2.34. The normalized spacial score (nSPS) is 21.3. The average Bonchev–Trinajstić information content (AvgIpc) is 2.27. The molecule has 0 radical (unpaired) electrons. The largest absolute Gasteiger partial charge is 0.399 e. The van der Waals surface area contributed by atoms with Crippen molar-refractivity contribution in [2.45, 2.75) is 19.8 Å². The molecule has 2 amide bonds. The Morgan fingerprint density at radius 2 is 1.88 bits per heavy atom. The van der Waals surface area contributed by atoms with Gasteiger partial charge in [0, 0.05) is 18.0 Å². The zero-order valence-electron chi connectivity index (χ0n) is 9.14. The van der Waals surface area contributed by atoms with Crippen LogP contribution in [0.15, 0.2) is 24.3 Å². The lowest BCUT2D eigenvalue weighted by molar-refractivity contribution is -0.131. The summed E-state index contributed by atoms with van der Waals surface area (Å²) < 4.78 is 0. The van der Waals surface area contributed by atoms with Gasteiger partial charge in [0.05, 0.1) is 5.69 Å². The smallest absolute Gasteiger partial charge is 0.236 e. The number of benzene rings is 1. The maximum Gasteiger partial charge on any atom is 0.236 e. The molecule has 2 rings (SSSR count). The molecular formula is C12H14N2O2. The average molecular weight is 218 g/mol. The third kappa shape index (κ3) is 1.78. The second-order valence-electron chi connectivity index (χ2n) is 4.10. The number of hydrogen-bond acceptors (Lipinski definition) is 3. The molecule has 1 unspecified atom stereocenters. The first kappa shape index (κ1) is 10.7. The number of nitrogens with two attached hydrogens (primary N) is 1. The minimum absolute atomic E-state index is 0.0877. The molecule has 1 aromatic carbocycles. The standard InChI is InChI=1S/C12H14N2O2/c1-8-2-7-11(15)14(12(8)16)10-5-3-9(13)4-6-10/h3-6,8H,2,7,13H2,1H3. The van der Waals surface area contributed by atoms with E-state index in [9.17, 15) is 9.59 Å². The van der Waals surface area contributed by atoms with Crippen LogP contribution in [0.3, 0.4) is 0 Å². The Morgan fingerprint density at radius 3 is 2.50 bits per heavy atom. The highest BCUT2D eigenvalue weighted by atomic mass is 16.2. The molecule has 1 aliphatic rings. The summed E-state index contributed by atoms with van der Waals surface area (Å²) in [6.07, 6.45) is 1.07. The number of rotatable bonds is 1. The van der Waals surface area contributed by atoms with Gasteiger partial charge < -0.3 is 5.73 Å². The molecule has 1 heterocycles. The van der Waals surface area contributed by atoms with Crippen molar-refractivity contribution in [3.8, 4) is 0 Å². The predicted octanol–water partition coefficient (Wildman–Crippen LogP) is 1.56. The summed E-state index contributed by atoms with van der Waals surface area (Å²) in [6, 6.07) is 6.77. The molecule has 1 atom stereocenters. The highest BCUT2D eigenvalue weighted by molar-refractivity contribution is 6.17. The van der Waals surface area contributed by atoms with Gasteiger partial charge >= 0.3 is 0 Å². The maximum atomic E-state index is 11.9. The van der Waals surface area contributed by atoms with Crippen LogP contribution in [-0.4, -0.2) is 11.8 Å². The molecule has 2 N–H and O–H groups in total. The fourth-order valence-electron chi connectivity index (χ4n) is 1.81. The molecule has 0 saturated carbocycles. The van der Waals surface area contributed by atoms with E-state index in [1.54, 1.807) is 24.3 Å². The Morgan fingerprint density at radius 1 is 1.25 bits per heavy atom. The molecule has 4 nitrogen and oxygen atoms in total. The first-order valence-corrected chi connectivity index (χ1v) is 5.32. The Bertz CT molecular complexity index is 425. The lowest BCUT2D eigenvalue weighted by Crippen LogP contribution is -2.44. The van der Waals surface area contributed by atoms with Crippen molar-refractivity contribution in [3.63, 3.8) is 0 Å². The van der Waals surface area contributed by atoms with Crippen LogP contribution in [0.5, 0.6) is 0 Å². The molecule has 1 fully saturated rings. The van der Waals surface area contributed by atoms with Gasteiger partial charge in [-0.3, -0.25) is 14.5 Å². The van der Waals surface area contributed by atoms with E-state index in [4.69, 9.17) is 5.73 Å². The van der Waals surface area contributed by atoms with Gasteiger partial charge in [0.2, 0.25) is 11.8 Å². The van der Waals surface area contributed by atoms with Gasteiger partial charge in [-0.2, -0.15) is 0 Å². The Labute approximate surface area is 94.0 Å². The first-order chi connectivity index (χ1) is 7.59. The number of anilines is 2. The molecule has 0 aromatic heterocycles. The number of hydrogen-bond donors (Lipinski definition) is 1. The zero-order chi connectivity index (χ0) is 11.7. The molecule has 0 aliphatic carbocycles. The number of imide groups is 1. The van der Waals surface area contributed by atoms with Crippen LogP contribution in [0.2, 0.25) is 0 Å². The molecule has 0 spiro atoms. The van der Waals surface area contributed by atoms with Crippen LogP contribution < -0.4 is 10.6 Å². The molecule has 1 aromatic rings. The number of carbonyl (C=O) groups is 2. The van der Waals surface area contributed by atoms with Crippen molar-refractivity contribution in [1.82, 2.24) is 0 Å². The SMILES string of the molecule is CC1CCC(=O)N(c2ccc(N)cc2)C1=O. The van der Waals surface area contributed by atoms with E-state index in [2.05, 4.69) is 0 Å². The van der Waals surface area contributed by atoms with Crippen molar-refractivity contribution in [1.29, 1.82) is 0 Å². The topological polar surface area (TPSA) is 63.4 Å².